The van der Waals surface area contributed by atoms with E-state index in [-0.39, 0.29) is 12.5 Å². The molecule has 6 nitrogen and oxygen atoms in total. The molecule has 0 atom stereocenters. The number of aryl methyl sites for hydroxylation is 1. The summed E-state index contributed by atoms with van der Waals surface area (Å²) in [6, 6.07) is 6.92. The maximum atomic E-state index is 11.6. The van der Waals surface area contributed by atoms with Gasteiger partial charge in [-0.05, 0) is 19.1 Å². The third kappa shape index (κ3) is 3.00. The second kappa shape index (κ2) is 5.22. The van der Waals surface area contributed by atoms with E-state index >= 15 is 0 Å². The number of nitrogens with two attached hydrogens (primary N) is 1. The molecule has 0 fully saturated rings. The number of benzene rings is 1. The lowest BCUT2D eigenvalue weighted by Crippen LogP contribution is -2.20. The van der Waals surface area contributed by atoms with Crippen LogP contribution in [-0.4, -0.2) is 22.7 Å². The van der Waals surface area contributed by atoms with Gasteiger partial charge in [-0.1, -0.05) is 6.07 Å². The average molecular weight is 246 g/mol. The van der Waals surface area contributed by atoms with Crippen LogP contribution in [0.1, 0.15) is 5.56 Å². The Bertz CT molecular complexity index is 551. The van der Waals surface area contributed by atoms with Crippen molar-refractivity contribution in [3.8, 4) is 5.75 Å². The van der Waals surface area contributed by atoms with E-state index in [9.17, 15) is 4.79 Å². The van der Waals surface area contributed by atoms with Crippen LogP contribution in [0, 0.1) is 6.92 Å². The fourth-order valence-corrected chi connectivity index (χ4v) is 1.40. The number of rotatable bonds is 4. The largest absolute Gasteiger partial charge is 0.484 e. The summed E-state index contributed by atoms with van der Waals surface area (Å²) < 4.78 is 5.31. The molecule has 0 saturated carbocycles. The third-order valence-electron chi connectivity index (χ3n) is 2.32. The van der Waals surface area contributed by atoms with Crippen molar-refractivity contribution in [2.75, 3.05) is 17.7 Å². The molecule has 0 bridgehead atoms. The van der Waals surface area contributed by atoms with Crippen LogP contribution in [0.3, 0.4) is 0 Å². The zero-order valence-electron chi connectivity index (χ0n) is 9.93. The first-order chi connectivity index (χ1) is 8.65. The summed E-state index contributed by atoms with van der Waals surface area (Å²) in [6.45, 7) is 1.76. The minimum absolute atomic E-state index is 0.0814. The van der Waals surface area contributed by atoms with Gasteiger partial charge in [0.25, 0.3) is 5.91 Å². The van der Waals surface area contributed by atoms with Crippen LogP contribution in [0.25, 0.3) is 0 Å². The van der Waals surface area contributed by atoms with Crippen LogP contribution in [0.4, 0.5) is 11.5 Å². The standard InChI is InChI=1S/C12H14N4O2/c1-8-6-14-16-12(8)15-11(17)7-18-10-4-2-3-9(13)5-10/h2-6H,7,13H2,1H3,(H2,14,15,16,17). The normalized spacial score (nSPS) is 10.1. The summed E-state index contributed by atoms with van der Waals surface area (Å²) >= 11 is 0. The summed E-state index contributed by atoms with van der Waals surface area (Å²) in [4.78, 5) is 11.6. The number of nitrogen functional groups attached to an aromatic ring is 1. The van der Waals surface area contributed by atoms with Gasteiger partial charge in [0.2, 0.25) is 0 Å². The lowest BCUT2D eigenvalue weighted by atomic mass is 10.3. The number of H-pyrrole nitrogens is 1. The number of ether oxygens (including phenoxy) is 1. The van der Waals surface area contributed by atoms with Crippen molar-refractivity contribution in [3.63, 3.8) is 0 Å². The number of aromatic amines is 1. The van der Waals surface area contributed by atoms with E-state index < -0.39 is 0 Å². The van der Waals surface area contributed by atoms with Gasteiger partial charge < -0.3 is 15.8 Å². The van der Waals surface area contributed by atoms with E-state index in [1.165, 1.54) is 0 Å². The number of aromatic nitrogens is 2. The van der Waals surface area contributed by atoms with Gasteiger partial charge in [0.05, 0.1) is 6.20 Å². The summed E-state index contributed by atoms with van der Waals surface area (Å²) in [5.41, 5.74) is 7.06. The van der Waals surface area contributed by atoms with Gasteiger partial charge in [-0.2, -0.15) is 5.10 Å². The monoisotopic (exact) mass is 246 g/mol. The number of carbonyl (C=O) groups excluding carboxylic acids is 1. The predicted octanol–water partition coefficient (Wildman–Crippen LogP) is 1.32. The molecule has 1 aromatic carbocycles. The Kier molecular flexibility index (Phi) is 3.47. The molecule has 18 heavy (non-hydrogen) atoms. The Morgan fingerprint density at radius 1 is 1.56 bits per heavy atom. The van der Waals surface area contributed by atoms with Crippen molar-refractivity contribution in [1.82, 2.24) is 10.2 Å². The Morgan fingerprint density at radius 3 is 3.06 bits per heavy atom. The topological polar surface area (TPSA) is 93.0 Å². The number of amides is 1. The molecule has 0 unspecified atom stereocenters. The maximum absolute atomic E-state index is 11.6. The van der Waals surface area contributed by atoms with Crippen molar-refractivity contribution in [2.45, 2.75) is 6.92 Å². The smallest absolute Gasteiger partial charge is 0.263 e. The molecular weight excluding hydrogens is 232 g/mol. The number of carbonyl (C=O) groups is 1. The molecule has 2 rings (SSSR count). The van der Waals surface area contributed by atoms with E-state index in [0.717, 1.165) is 5.56 Å². The highest BCUT2D eigenvalue weighted by Gasteiger charge is 2.06. The summed E-state index contributed by atoms with van der Waals surface area (Å²) in [5, 5.41) is 9.16. The molecule has 4 N–H and O–H groups in total. The fourth-order valence-electron chi connectivity index (χ4n) is 1.40. The lowest BCUT2D eigenvalue weighted by molar-refractivity contribution is -0.118. The number of nitrogens with zero attached hydrogens (tertiary/aromatic N) is 1. The Hall–Kier alpha value is -2.50. The van der Waals surface area contributed by atoms with Crippen LogP contribution < -0.4 is 15.8 Å². The predicted molar refractivity (Wildman–Crippen MR) is 68.3 cm³/mol. The highest BCUT2D eigenvalue weighted by molar-refractivity contribution is 5.91. The summed E-state index contributed by atoms with van der Waals surface area (Å²) in [6.07, 6.45) is 1.63. The fraction of sp³-hybridized carbons (Fsp3) is 0.167. The van der Waals surface area contributed by atoms with Crippen molar-refractivity contribution in [3.05, 3.63) is 36.0 Å². The van der Waals surface area contributed by atoms with Gasteiger partial charge in [0.1, 0.15) is 11.6 Å². The van der Waals surface area contributed by atoms with Gasteiger partial charge in [0, 0.05) is 17.3 Å². The van der Waals surface area contributed by atoms with Crippen molar-refractivity contribution in [2.24, 2.45) is 0 Å². The minimum Gasteiger partial charge on any atom is -0.484 e. The van der Waals surface area contributed by atoms with E-state index in [1.54, 1.807) is 30.5 Å². The van der Waals surface area contributed by atoms with Crippen LogP contribution in [-0.2, 0) is 4.79 Å². The number of hydrogen-bond acceptors (Lipinski definition) is 4. The van der Waals surface area contributed by atoms with E-state index in [0.29, 0.717) is 17.3 Å². The second-order valence-corrected chi connectivity index (χ2v) is 3.84. The molecule has 94 valence electrons. The molecule has 1 amide bonds. The van der Waals surface area contributed by atoms with Gasteiger partial charge in [-0.3, -0.25) is 9.89 Å². The molecule has 1 aromatic heterocycles. The van der Waals surface area contributed by atoms with E-state index in [2.05, 4.69) is 15.5 Å². The van der Waals surface area contributed by atoms with Gasteiger partial charge in [0.15, 0.2) is 6.61 Å². The number of nitrogens with one attached hydrogen (secondary N) is 2. The molecule has 0 radical (unpaired) electrons. The lowest BCUT2D eigenvalue weighted by Gasteiger charge is -2.07. The first-order valence-electron chi connectivity index (χ1n) is 5.43. The molecular formula is C12H14N4O2. The molecule has 6 heteroatoms. The minimum atomic E-state index is -0.259. The van der Waals surface area contributed by atoms with Crippen molar-refractivity contribution < 1.29 is 9.53 Å². The highest BCUT2D eigenvalue weighted by Crippen LogP contribution is 2.14. The zero-order valence-corrected chi connectivity index (χ0v) is 9.93. The summed E-state index contributed by atoms with van der Waals surface area (Å²) in [7, 11) is 0. The van der Waals surface area contributed by atoms with Crippen LogP contribution in [0.2, 0.25) is 0 Å². The van der Waals surface area contributed by atoms with E-state index in [1.807, 2.05) is 6.92 Å². The summed E-state index contributed by atoms with van der Waals surface area (Å²) in [5.74, 6) is 0.882. The van der Waals surface area contributed by atoms with Gasteiger partial charge >= 0.3 is 0 Å². The van der Waals surface area contributed by atoms with Gasteiger partial charge in [-0.15, -0.1) is 0 Å². The SMILES string of the molecule is Cc1cn[nH]c1NC(=O)COc1cccc(N)c1. The molecule has 1 heterocycles. The first-order valence-corrected chi connectivity index (χ1v) is 5.43. The average Bonchev–Trinajstić information content (AvgIpc) is 2.73. The highest BCUT2D eigenvalue weighted by atomic mass is 16.5. The van der Waals surface area contributed by atoms with Crippen LogP contribution in [0.5, 0.6) is 5.75 Å². The molecule has 0 saturated heterocycles. The Balaban J connectivity index is 1.87. The zero-order chi connectivity index (χ0) is 13.0. The quantitative estimate of drug-likeness (QED) is 0.709. The molecule has 0 spiro atoms. The molecule has 0 aliphatic carbocycles. The Labute approximate surface area is 104 Å². The third-order valence-corrected chi connectivity index (χ3v) is 2.32. The van der Waals surface area contributed by atoms with Crippen molar-refractivity contribution in [1.29, 1.82) is 0 Å². The van der Waals surface area contributed by atoms with Crippen molar-refractivity contribution >= 4 is 17.4 Å². The molecule has 0 aliphatic rings. The van der Waals surface area contributed by atoms with E-state index in [4.69, 9.17) is 10.5 Å². The maximum Gasteiger partial charge on any atom is 0.263 e. The molecule has 2 aromatic rings. The van der Waals surface area contributed by atoms with Crippen LogP contribution in [0.15, 0.2) is 30.5 Å². The number of anilines is 2. The second-order valence-electron chi connectivity index (χ2n) is 3.84. The van der Waals surface area contributed by atoms with Crippen LogP contribution >= 0.6 is 0 Å². The first kappa shape index (κ1) is 12.0. The Morgan fingerprint density at radius 2 is 2.39 bits per heavy atom. The molecule has 0 aliphatic heterocycles. The van der Waals surface area contributed by atoms with Gasteiger partial charge in [-0.25, -0.2) is 0 Å². The number of hydrogen-bond donors (Lipinski definition) is 3.